The molecule has 1 aliphatic heterocycles. The molecular weight excluding hydrogens is 352 g/mol. The number of ketones is 1. The normalized spacial score (nSPS) is 19.7. The summed E-state index contributed by atoms with van der Waals surface area (Å²) in [5.41, 5.74) is 1.86. The minimum absolute atomic E-state index is 0.129. The van der Waals surface area contributed by atoms with Crippen molar-refractivity contribution in [1.82, 2.24) is 20.0 Å². The van der Waals surface area contributed by atoms with Gasteiger partial charge >= 0.3 is 0 Å². The average molecular weight is 374 g/mol. The molecule has 2 N–H and O–H groups in total. The average Bonchev–Trinajstić information content (AvgIpc) is 3.27. The summed E-state index contributed by atoms with van der Waals surface area (Å²) in [6.45, 7) is 4.55. The maximum absolute atomic E-state index is 12.8. The first-order valence-electron chi connectivity index (χ1n) is 8.31. The standard InChI is InChI=1S/C18H22N4O3S/c1-10-13(11(2)20-19-10)16(23)14-15(12-6-5-9-26-12)22(8-7-21(3)4)18(25)17(14)24/h5-6,9,15,23H,7-8H2,1-4H3,(H,19,20). The number of nitrogens with zero attached hydrogens (tertiary/aromatic N) is 3. The van der Waals surface area contributed by atoms with E-state index in [1.807, 2.05) is 36.5 Å². The summed E-state index contributed by atoms with van der Waals surface area (Å²) in [5.74, 6) is -1.40. The van der Waals surface area contributed by atoms with Crippen LogP contribution in [0.3, 0.4) is 0 Å². The van der Waals surface area contributed by atoms with E-state index in [0.29, 0.717) is 30.0 Å². The highest BCUT2D eigenvalue weighted by atomic mass is 32.1. The van der Waals surface area contributed by atoms with E-state index in [0.717, 1.165) is 4.88 Å². The predicted molar refractivity (Wildman–Crippen MR) is 99.9 cm³/mol. The van der Waals surface area contributed by atoms with Crippen LogP contribution in [-0.4, -0.2) is 64.0 Å². The molecule has 0 saturated carbocycles. The molecule has 0 aromatic carbocycles. The number of nitrogens with one attached hydrogen (secondary N) is 1. The fourth-order valence-corrected chi connectivity index (χ4v) is 4.04. The summed E-state index contributed by atoms with van der Waals surface area (Å²) >= 11 is 1.46. The number of carbonyl (C=O) groups is 2. The van der Waals surface area contributed by atoms with Crippen LogP contribution in [0.15, 0.2) is 23.1 Å². The molecule has 1 unspecified atom stereocenters. The SMILES string of the molecule is Cc1n[nH]c(C)c1C(O)=C1C(=O)C(=O)N(CCN(C)C)C1c1cccs1. The Balaban J connectivity index is 2.14. The van der Waals surface area contributed by atoms with Crippen molar-refractivity contribution in [2.75, 3.05) is 27.2 Å². The molecule has 1 fully saturated rings. The quantitative estimate of drug-likeness (QED) is 0.475. The molecule has 1 amide bonds. The highest BCUT2D eigenvalue weighted by Gasteiger charge is 2.46. The zero-order valence-electron chi connectivity index (χ0n) is 15.2. The molecule has 1 saturated heterocycles. The highest BCUT2D eigenvalue weighted by molar-refractivity contribution is 7.10. The third kappa shape index (κ3) is 3.06. The maximum atomic E-state index is 12.8. The van der Waals surface area contributed by atoms with E-state index < -0.39 is 17.7 Å². The van der Waals surface area contributed by atoms with Gasteiger partial charge in [-0.15, -0.1) is 11.3 Å². The monoisotopic (exact) mass is 374 g/mol. The number of rotatable bonds is 5. The second-order valence-electron chi connectivity index (χ2n) is 6.62. The number of hydrogen-bond acceptors (Lipinski definition) is 6. The summed E-state index contributed by atoms with van der Waals surface area (Å²) in [7, 11) is 3.82. The van der Waals surface area contributed by atoms with Crippen LogP contribution in [0.2, 0.25) is 0 Å². The number of carbonyl (C=O) groups excluding carboxylic acids is 2. The van der Waals surface area contributed by atoms with Crippen molar-refractivity contribution in [1.29, 1.82) is 0 Å². The molecule has 0 spiro atoms. The molecule has 1 atom stereocenters. The van der Waals surface area contributed by atoms with Gasteiger partial charge in [-0.2, -0.15) is 5.10 Å². The molecule has 2 aromatic heterocycles. The lowest BCUT2D eigenvalue weighted by molar-refractivity contribution is -0.140. The van der Waals surface area contributed by atoms with Gasteiger partial charge in [-0.25, -0.2) is 0 Å². The topological polar surface area (TPSA) is 89.5 Å². The first kappa shape index (κ1) is 18.3. The lowest BCUT2D eigenvalue weighted by Crippen LogP contribution is -2.35. The second-order valence-corrected chi connectivity index (χ2v) is 7.60. The number of aliphatic hydroxyl groups is 1. The number of hydrogen-bond donors (Lipinski definition) is 2. The summed E-state index contributed by atoms with van der Waals surface area (Å²) in [6.07, 6.45) is 0. The Morgan fingerprint density at radius 3 is 2.65 bits per heavy atom. The van der Waals surface area contributed by atoms with Gasteiger partial charge in [-0.05, 0) is 39.4 Å². The third-order valence-electron chi connectivity index (χ3n) is 4.51. The van der Waals surface area contributed by atoms with Crippen molar-refractivity contribution in [2.24, 2.45) is 0 Å². The first-order chi connectivity index (χ1) is 12.3. The number of H-pyrrole nitrogens is 1. The van der Waals surface area contributed by atoms with Crippen LogP contribution < -0.4 is 0 Å². The number of aromatic amines is 1. The van der Waals surface area contributed by atoms with Gasteiger partial charge in [-0.1, -0.05) is 6.07 Å². The van der Waals surface area contributed by atoms with Gasteiger partial charge in [0.25, 0.3) is 11.7 Å². The fourth-order valence-electron chi connectivity index (χ4n) is 3.20. The minimum Gasteiger partial charge on any atom is -0.507 e. The molecule has 3 heterocycles. The summed E-state index contributed by atoms with van der Waals surface area (Å²) in [6, 6.07) is 3.18. The molecule has 0 bridgehead atoms. The maximum Gasteiger partial charge on any atom is 0.295 e. The minimum atomic E-state index is -0.653. The van der Waals surface area contributed by atoms with E-state index in [9.17, 15) is 14.7 Å². The second kappa shape index (κ2) is 7.05. The lowest BCUT2D eigenvalue weighted by Gasteiger charge is -2.25. The largest absolute Gasteiger partial charge is 0.507 e. The van der Waals surface area contributed by atoms with Gasteiger partial charge in [-0.3, -0.25) is 14.7 Å². The molecule has 0 aliphatic carbocycles. The zero-order valence-corrected chi connectivity index (χ0v) is 16.1. The molecule has 0 radical (unpaired) electrons. The zero-order chi connectivity index (χ0) is 19.0. The van der Waals surface area contributed by atoms with Crippen LogP contribution in [0.4, 0.5) is 0 Å². The van der Waals surface area contributed by atoms with E-state index in [1.165, 1.54) is 11.3 Å². The molecule has 1 aliphatic rings. The van der Waals surface area contributed by atoms with Gasteiger partial charge in [0, 0.05) is 23.7 Å². The summed E-state index contributed by atoms with van der Waals surface area (Å²) in [4.78, 5) is 29.8. The number of likely N-dealkylation sites (N-methyl/N-ethyl adjacent to an activating group) is 1. The number of likely N-dealkylation sites (tertiary alicyclic amines) is 1. The van der Waals surface area contributed by atoms with Crippen LogP contribution in [0.25, 0.3) is 5.76 Å². The molecule has 7 nitrogen and oxygen atoms in total. The van der Waals surface area contributed by atoms with Crippen molar-refractivity contribution in [3.63, 3.8) is 0 Å². The highest BCUT2D eigenvalue weighted by Crippen LogP contribution is 2.41. The Labute approximate surface area is 155 Å². The number of Topliss-reactive ketones (excluding diaryl/α,β-unsaturated/α-hetero) is 1. The Morgan fingerprint density at radius 1 is 1.38 bits per heavy atom. The van der Waals surface area contributed by atoms with Crippen molar-refractivity contribution in [3.05, 3.63) is 44.9 Å². The smallest absolute Gasteiger partial charge is 0.295 e. The van der Waals surface area contributed by atoms with E-state index >= 15 is 0 Å². The third-order valence-corrected chi connectivity index (χ3v) is 5.43. The Hall–Kier alpha value is -2.45. The molecule has 3 rings (SSSR count). The lowest BCUT2D eigenvalue weighted by atomic mass is 9.99. The number of amides is 1. The Bertz CT molecular complexity index is 848. The van der Waals surface area contributed by atoms with Crippen LogP contribution in [0, 0.1) is 13.8 Å². The molecule has 138 valence electrons. The van der Waals surface area contributed by atoms with Crippen LogP contribution in [-0.2, 0) is 9.59 Å². The Morgan fingerprint density at radius 2 is 2.12 bits per heavy atom. The van der Waals surface area contributed by atoms with Crippen LogP contribution in [0.5, 0.6) is 0 Å². The molecule has 2 aromatic rings. The molecule has 26 heavy (non-hydrogen) atoms. The number of aromatic nitrogens is 2. The Kier molecular flexibility index (Phi) is 4.97. The summed E-state index contributed by atoms with van der Waals surface area (Å²) < 4.78 is 0. The van der Waals surface area contributed by atoms with Crippen LogP contribution >= 0.6 is 11.3 Å². The van der Waals surface area contributed by atoms with Gasteiger partial charge in [0.05, 0.1) is 22.9 Å². The first-order valence-corrected chi connectivity index (χ1v) is 9.19. The van der Waals surface area contributed by atoms with Crippen LogP contribution in [0.1, 0.15) is 27.9 Å². The molecule has 8 heteroatoms. The van der Waals surface area contributed by atoms with Crippen molar-refractivity contribution in [2.45, 2.75) is 19.9 Å². The number of aliphatic hydroxyl groups excluding tert-OH is 1. The van der Waals surface area contributed by atoms with E-state index in [1.54, 1.807) is 18.7 Å². The van der Waals surface area contributed by atoms with Gasteiger partial charge in [0.15, 0.2) is 0 Å². The van der Waals surface area contributed by atoms with E-state index in [2.05, 4.69) is 10.2 Å². The number of thiophene rings is 1. The van der Waals surface area contributed by atoms with Gasteiger partial charge in [0.2, 0.25) is 0 Å². The van der Waals surface area contributed by atoms with Crippen molar-refractivity contribution >= 4 is 28.8 Å². The molecular formula is C18H22N4O3S. The van der Waals surface area contributed by atoms with Gasteiger partial charge in [0.1, 0.15) is 5.76 Å². The summed E-state index contributed by atoms with van der Waals surface area (Å²) in [5, 5.41) is 19.7. The predicted octanol–water partition coefficient (Wildman–Crippen LogP) is 2.07. The number of aryl methyl sites for hydroxylation is 2. The fraction of sp³-hybridized carbons (Fsp3) is 0.389. The van der Waals surface area contributed by atoms with E-state index in [-0.39, 0.29) is 11.3 Å². The van der Waals surface area contributed by atoms with Crippen molar-refractivity contribution < 1.29 is 14.7 Å². The van der Waals surface area contributed by atoms with Crippen molar-refractivity contribution in [3.8, 4) is 0 Å². The van der Waals surface area contributed by atoms with E-state index in [4.69, 9.17) is 0 Å². The van der Waals surface area contributed by atoms with Gasteiger partial charge < -0.3 is 14.9 Å².